The molecular formula is C27H29F2N3O2S. The maximum atomic E-state index is 14.3. The fourth-order valence-corrected chi connectivity index (χ4v) is 6.71. The van der Waals surface area contributed by atoms with Crippen molar-refractivity contribution in [1.29, 1.82) is 0 Å². The van der Waals surface area contributed by atoms with Crippen molar-refractivity contribution in [2.45, 2.75) is 37.0 Å². The number of nitrogens with zero attached hydrogens (tertiary/aromatic N) is 3. The molecule has 2 unspecified atom stereocenters. The Morgan fingerprint density at radius 1 is 0.943 bits per heavy atom. The second-order valence-electron chi connectivity index (χ2n) is 9.29. The van der Waals surface area contributed by atoms with Crippen molar-refractivity contribution in [1.82, 2.24) is 9.80 Å². The molecule has 3 aliphatic rings. The third kappa shape index (κ3) is 5.08. The van der Waals surface area contributed by atoms with Crippen LogP contribution in [0, 0.1) is 11.6 Å². The lowest BCUT2D eigenvalue weighted by molar-refractivity contribution is -0.140. The van der Waals surface area contributed by atoms with E-state index in [0.717, 1.165) is 25.7 Å². The minimum atomic E-state index is -0.366. The van der Waals surface area contributed by atoms with Crippen molar-refractivity contribution in [2.24, 2.45) is 0 Å². The average molecular weight is 498 g/mol. The van der Waals surface area contributed by atoms with E-state index in [-0.39, 0.29) is 41.3 Å². The molecule has 2 aliphatic heterocycles. The van der Waals surface area contributed by atoms with Crippen LogP contribution in [-0.4, -0.2) is 65.6 Å². The highest BCUT2D eigenvalue weighted by atomic mass is 32.2. The van der Waals surface area contributed by atoms with Crippen LogP contribution in [0.4, 0.5) is 14.5 Å². The zero-order valence-electron chi connectivity index (χ0n) is 19.5. The van der Waals surface area contributed by atoms with E-state index in [1.165, 1.54) is 23.9 Å². The molecule has 5 nitrogen and oxygen atoms in total. The Morgan fingerprint density at radius 2 is 1.63 bits per heavy atom. The number of hydrogen-bond acceptors (Lipinski definition) is 4. The van der Waals surface area contributed by atoms with E-state index in [9.17, 15) is 18.4 Å². The second-order valence-corrected chi connectivity index (χ2v) is 10.6. The quantitative estimate of drug-likeness (QED) is 0.582. The summed E-state index contributed by atoms with van der Waals surface area (Å²) in [5.41, 5.74) is 0.934. The summed E-state index contributed by atoms with van der Waals surface area (Å²) in [5, 5.41) is 0.213. The summed E-state index contributed by atoms with van der Waals surface area (Å²) in [7, 11) is 0. The lowest BCUT2D eigenvalue weighted by Crippen LogP contribution is -2.57. The second kappa shape index (κ2) is 10.4. The highest BCUT2D eigenvalue weighted by Crippen LogP contribution is 2.42. The molecule has 2 atom stereocenters. The number of amides is 2. The highest BCUT2D eigenvalue weighted by Gasteiger charge is 2.42. The van der Waals surface area contributed by atoms with Crippen LogP contribution < -0.4 is 4.90 Å². The van der Waals surface area contributed by atoms with Crippen molar-refractivity contribution in [2.75, 3.05) is 37.6 Å². The van der Waals surface area contributed by atoms with Crippen molar-refractivity contribution >= 4 is 35.3 Å². The summed E-state index contributed by atoms with van der Waals surface area (Å²) < 4.78 is 28.4. The number of piperazine rings is 1. The van der Waals surface area contributed by atoms with E-state index in [1.54, 1.807) is 46.2 Å². The molecule has 2 aromatic rings. The van der Waals surface area contributed by atoms with Crippen LogP contribution in [0.3, 0.4) is 0 Å². The van der Waals surface area contributed by atoms with Crippen LogP contribution in [0.2, 0.25) is 0 Å². The Labute approximate surface area is 208 Å². The normalized spacial score (nSPS) is 24.0. The fraction of sp³-hybridized carbons (Fsp3) is 0.407. The summed E-state index contributed by atoms with van der Waals surface area (Å²) in [6, 6.07) is 13.1. The number of thioether (sulfide) groups is 1. The summed E-state index contributed by atoms with van der Waals surface area (Å²) in [6.07, 6.45) is 5.61. The largest absolute Gasteiger partial charge is 0.366 e. The number of carbonyl (C=O) groups excluding carboxylic acids is 2. The van der Waals surface area contributed by atoms with Crippen LogP contribution in [-0.2, 0) is 9.59 Å². The molecule has 184 valence electrons. The number of para-hydroxylation sites is 1. The number of benzene rings is 2. The SMILES string of the molecule is O=C(CN1C(=O)/C(=C/c2ccccc2F)SC2CCCCC21)N1CCN(c2ccccc2F)CC1. The molecule has 0 bridgehead atoms. The number of halogens is 2. The van der Waals surface area contributed by atoms with Gasteiger partial charge in [-0.25, -0.2) is 8.78 Å². The minimum Gasteiger partial charge on any atom is -0.366 e. The van der Waals surface area contributed by atoms with Gasteiger partial charge in [0.25, 0.3) is 5.91 Å². The van der Waals surface area contributed by atoms with E-state index in [1.807, 2.05) is 11.0 Å². The lowest BCUT2D eigenvalue weighted by atomic mass is 9.93. The zero-order chi connectivity index (χ0) is 24.4. The number of rotatable bonds is 4. The summed E-state index contributed by atoms with van der Waals surface area (Å²) in [5.74, 6) is -0.913. The first-order valence-corrected chi connectivity index (χ1v) is 13.1. The number of anilines is 1. The molecule has 35 heavy (non-hydrogen) atoms. The predicted molar refractivity (Wildman–Crippen MR) is 135 cm³/mol. The van der Waals surface area contributed by atoms with Gasteiger partial charge in [0.2, 0.25) is 5.91 Å². The van der Waals surface area contributed by atoms with Gasteiger partial charge in [-0.3, -0.25) is 9.59 Å². The Balaban J connectivity index is 1.29. The standard InChI is InChI=1S/C27H29F2N3O2S/c28-20-8-2-1-7-19(20)17-25-27(34)32(23-11-5-6-12-24(23)35-25)18-26(33)31-15-13-30(14-16-31)22-10-4-3-9-21(22)29/h1-4,7-10,17,23-24H,5-6,11-16,18H2/b25-17-. The fourth-order valence-electron chi connectivity index (χ4n) is 5.25. The molecular weight excluding hydrogens is 468 g/mol. The zero-order valence-corrected chi connectivity index (χ0v) is 20.4. The molecule has 0 spiro atoms. The first kappa shape index (κ1) is 23.9. The molecule has 8 heteroatoms. The van der Waals surface area contributed by atoms with Crippen LogP contribution in [0.1, 0.15) is 31.2 Å². The lowest BCUT2D eigenvalue weighted by Gasteiger charge is -2.45. The number of carbonyl (C=O) groups is 2. The van der Waals surface area contributed by atoms with Gasteiger partial charge >= 0.3 is 0 Å². The van der Waals surface area contributed by atoms with Gasteiger partial charge in [0.15, 0.2) is 0 Å². The average Bonchev–Trinajstić information content (AvgIpc) is 2.88. The van der Waals surface area contributed by atoms with E-state index in [0.29, 0.717) is 42.3 Å². The molecule has 0 aromatic heterocycles. The van der Waals surface area contributed by atoms with Crippen LogP contribution in [0.15, 0.2) is 53.4 Å². The number of fused-ring (bicyclic) bond motifs is 1. The van der Waals surface area contributed by atoms with Crippen LogP contribution in [0.5, 0.6) is 0 Å². The van der Waals surface area contributed by atoms with Crippen molar-refractivity contribution in [3.05, 3.63) is 70.6 Å². The maximum Gasteiger partial charge on any atom is 0.261 e. The summed E-state index contributed by atoms with van der Waals surface area (Å²) >= 11 is 1.53. The van der Waals surface area contributed by atoms with Gasteiger partial charge in [0, 0.05) is 43.0 Å². The van der Waals surface area contributed by atoms with Gasteiger partial charge in [0.05, 0.1) is 10.6 Å². The van der Waals surface area contributed by atoms with Gasteiger partial charge in [-0.15, -0.1) is 11.8 Å². The Kier molecular flexibility index (Phi) is 7.09. The third-order valence-corrected chi connectivity index (χ3v) is 8.54. The summed E-state index contributed by atoms with van der Waals surface area (Å²) in [6.45, 7) is 2.07. The molecule has 2 aromatic carbocycles. The monoisotopic (exact) mass is 497 g/mol. The predicted octanol–water partition coefficient (Wildman–Crippen LogP) is 4.54. The molecule has 2 saturated heterocycles. The van der Waals surface area contributed by atoms with Gasteiger partial charge in [-0.2, -0.15) is 0 Å². The minimum absolute atomic E-state index is 0.0164. The van der Waals surface area contributed by atoms with E-state index >= 15 is 0 Å². The molecule has 1 saturated carbocycles. The molecule has 0 N–H and O–H groups in total. The van der Waals surface area contributed by atoms with Crippen molar-refractivity contribution in [3.8, 4) is 0 Å². The molecule has 0 radical (unpaired) electrons. The Hall–Kier alpha value is -2.87. The van der Waals surface area contributed by atoms with Crippen molar-refractivity contribution < 1.29 is 18.4 Å². The Morgan fingerprint density at radius 3 is 2.37 bits per heavy atom. The molecule has 3 fully saturated rings. The van der Waals surface area contributed by atoms with Crippen LogP contribution >= 0.6 is 11.8 Å². The molecule has 1 aliphatic carbocycles. The van der Waals surface area contributed by atoms with Crippen LogP contribution in [0.25, 0.3) is 6.08 Å². The van der Waals surface area contributed by atoms with Crippen molar-refractivity contribution in [3.63, 3.8) is 0 Å². The maximum absolute atomic E-state index is 14.3. The first-order chi connectivity index (χ1) is 17.0. The van der Waals surface area contributed by atoms with Gasteiger partial charge < -0.3 is 14.7 Å². The molecule has 2 amide bonds. The number of hydrogen-bond donors (Lipinski definition) is 0. The topological polar surface area (TPSA) is 43.9 Å². The van der Waals surface area contributed by atoms with E-state index < -0.39 is 0 Å². The van der Waals surface area contributed by atoms with E-state index in [2.05, 4.69) is 0 Å². The smallest absolute Gasteiger partial charge is 0.261 e. The van der Waals surface area contributed by atoms with Gasteiger partial charge in [-0.05, 0) is 37.1 Å². The molecule has 5 rings (SSSR count). The third-order valence-electron chi connectivity index (χ3n) is 7.14. The first-order valence-electron chi connectivity index (χ1n) is 12.2. The Bertz CT molecular complexity index is 1130. The summed E-state index contributed by atoms with van der Waals surface area (Å²) in [4.78, 5) is 32.7. The van der Waals surface area contributed by atoms with Gasteiger partial charge in [0.1, 0.15) is 18.2 Å². The highest BCUT2D eigenvalue weighted by molar-refractivity contribution is 8.04. The molecule has 2 heterocycles. The van der Waals surface area contributed by atoms with Gasteiger partial charge in [-0.1, -0.05) is 43.2 Å². The van der Waals surface area contributed by atoms with E-state index in [4.69, 9.17) is 0 Å².